The monoisotopic (exact) mass is 395 g/mol. The number of esters is 5. The maximum atomic E-state index is 11.8. The molecule has 0 saturated carbocycles. The summed E-state index contributed by atoms with van der Waals surface area (Å²) in [4.78, 5) is 69.6. The van der Waals surface area contributed by atoms with Crippen LogP contribution in [0.2, 0.25) is 0 Å². The van der Waals surface area contributed by atoms with Crippen molar-refractivity contribution in [1.29, 1.82) is 0 Å². The topological polar surface area (TPSA) is 149 Å². The number of ether oxygens (including phenoxy) is 5. The first kappa shape index (κ1) is 16.2. The van der Waals surface area contributed by atoms with Crippen LogP contribution in [0.25, 0.3) is 0 Å². The number of hydrogen-bond acceptors (Lipinski definition) is 11. The van der Waals surface area contributed by atoms with E-state index in [2.05, 4.69) is 4.74 Å². The van der Waals surface area contributed by atoms with Gasteiger partial charge < -0.3 is 23.7 Å². The summed E-state index contributed by atoms with van der Waals surface area (Å²) in [6.45, 7) is -5.60. The van der Waals surface area contributed by atoms with Gasteiger partial charge in [-0.05, 0) is 0 Å². The zero-order valence-electron chi connectivity index (χ0n) is 19.1. The Kier molecular flexibility index (Phi) is 6.97. The van der Waals surface area contributed by atoms with Gasteiger partial charge in [-0.15, -0.1) is 0 Å². The molecule has 0 aliphatic heterocycles. The molecule has 11 heteroatoms. The molecule has 0 radical (unpaired) electrons. The van der Waals surface area contributed by atoms with Crippen LogP contribution in [0.1, 0.15) is 41.4 Å². The molecule has 0 rings (SSSR count). The summed E-state index contributed by atoms with van der Waals surface area (Å²) < 4.78 is 59.2. The minimum atomic E-state index is -2.05. The van der Waals surface area contributed by atoms with Gasteiger partial charge in [0, 0.05) is 41.4 Å². The lowest BCUT2D eigenvalue weighted by Gasteiger charge is -2.33. The highest BCUT2D eigenvalue weighted by molar-refractivity contribution is 5.72. The second-order valence-electron chi connectivity index (χ2n) is 4.71. The molecule has 0 bridgehead atoms. The van der Waals surface area contributed by atoms with Crippen LogP contribution >= 0.6 is 0 Å². The lowest BCUT2D eigenvalue weighted by atomic mass is 10.0. The van der Waals surface area contributed by atoms with Crippen molar-refractivity contribution < 1.29 is 59.3 Å². The Labute approximate surface area is 162 Å². The van der Waals surface area contributed by atoms with Gasteiger partial charge in [-0.25, -0.2) is 0 Å². The minimum absolute atomic E-state index is 0.0455. The van der Waals surface area contributed by atoms with Gasteiger partial charge in [0.05, 0.1) is 0 Å². The molecule has 4 atom stereocenters. The summed E-state index contributed by atoms with van der Waals surface area (Å²) in [6.07, 6.45) is -7.95. The Hall–Kier alpha value is -2.98. The maximum Gasteiger partial charge on any atom is 0.303 e. The summed E-state index contributed by atoms with van der Waals surface area (Å²) in [5.74, 6) is -6.14. The van der Waals surface area contributed by atoms with Gasteiger partial charge in [-0.3, -0.25) is 28.8 Å². The van der Waals surface area contributed by atoms with Crippen molar-refractivity contribution in [2.75, 3.05) is 6.61 Å². The SMILES string of the molecule is [2H]CC(=O)OC[C@@H](OC(=O)C[2H])[C@@H](OC(=O)C[2H])[C@H](OC(=O)C[2H])[C@H](C=O)OC(=O)C[2H]. The highest BCUT2D eigenvalue weighted by Gasteiger charge is 2.43. The number of aldehydes is 1. The third-order valence-corrected chi connectivity index (χ3v) is 2.64. The lowest BCUT2D eigenvalue weighted by molar-refractivity contribution is -0.201. The average molecular weight is 395 g/mol. The molecule has 0 fully saturated rings. The predicted octanol–water partition coefficient (Wildman–Crippen LogP) is -0.525. The van der Waals surface area contributed by atoms with Gasteiger partial charge in [0.15, 0.2) is 30.7 Å². The highest BCUT2D eigenvalue weighted by Crippen LogP contribution is 2.19. The molecule has 0 unspecified atom stereocenters. The van der Waals surface area contributed by atoms with E-state index < -0.39 is 95.4 Å². The fourth-order valence-electron chi connectivity index (χ4n) is 1.84. The zero-order valence-corrected chi connectivity index (χ0v) is 14.1. The third kappa shape index (κ3) is 9.92. The van der Waals surface area contributed by atoms with Crippen molar-refractivity contribution in [2.45, 2.75) is 58.9 Å². The molecular weight excluding hydrogens is 368 g/mol. The van der Waals surface area contributed by atoms with E-state index in [1.54, 1.807) is 0 Å². The van der Waals surface area contributed by atoms with E-state index in [1.807, 2.05) is 0 Å². The Bertz CT molecular complexity index is 675. The van der Waals surface area contributed by atoms with Gasteiger partial charge in [0.1, 0.15) is 6.61 Å². The summed E-state index contributed by atoms with van der Waals surface area (Å²) in [6, 6.07) is 0. The van der Waals surface area contributed by atoms with Crippen LogP contribution in [-0.2, 0) is 52.5 Å². The van der Waals surface area contributed by atoms with E-state index in [9.17, 15) is 28.8 Å². The fraction of sp³-hybridized carbons (Fsp3) is 0.625. The maximum absolute atomic E-state index is 11.8. The Morgan fingerprint density at radius 3 is 1.74 bits per heavy atom. The van der Waals surface area contributed by atoms with Gasteiger partial charge >= 0.3 is 29.8 Å². The van der Waals surface area contributed by atoms with Crippen molar-refractivity contribution in [2.24, 2.45) is 0 Å². The molecule has 152 valence electrons. The van der Waals surface area contributed by atoms with Crippen LogP contribution in [0.4, 0.5) is 0 Å². The molecule has 0 heterocycles. The zero-order chi connectivity index (χ0) is 24.7. The lowest BCUT2D eigenvalue weighted by Crippen LogP contribution is -2.53. The van der Waals surface area contributed by atoms with Crippen LogP contribution in [0.3, 0.4) is 0 Å². The third-order valence-electron chi connectivity index (χ3n) is 2.64. The summed E-state index contributed by atoms with van der Waals surface area (Å²) in [5, 5.41) is 0. The smallest absolute Gasteiger partial charge is 0.303 e. The molecule has 0 saturated heterocycles. The van der Waals surface area contributed by atoms with E-state index in [4.69, 9.17) is 25.8 Å². The Balaban J connectivity index is 6.32. The van der Waals surface area contributed by atoms with Crippen molar-refractivity contribution in [3.05, 3.63) is 0 Å². The van der Waals surface area contributed by atoms with Crippen molar-refractivity contribution in [3.8, 4) is 0 Å². The van der Waals surface area contributed by atoms with Gasteiger partial charge in [0.25, 0.3) is 0 Å². The van der Waals surface area contributed by atoms with Crippen LogP contribution in [-0.4, -0.2) is 67.2 Å². The van der Waals surface area contributed by atoms with E-state index in [-0.39, 0.29) is 6.29 Å². The van der Waals surface area contributed by atoms with Gasteiger partial charge in [0.2, 0.25) is 0 Å². The number of carbonyl (C=O) groups is 6. The first-order chi connectivity index (χ1) is 15.2. The Morgan fingerprint density at radius 1 is 0.741 bits per heavy atom. The van der Waals surface area contributed by atoms with E-state index in [1.165, 1.54) is 0 Å². The number of carbonyl (C=O) groups excluding carboxylic acids is 6. The van der Waals surface area contributed by atoms with Crippen molar-refractivity contribution >= 4 is 36.1 Å². The van der Waals surface area contributed by atoms with E-state index in [0.717, 1.165) is 0 Å². The van der Waals surface area contributed by atoms with Crippen molar-refractivity contribution in [1.82, 2.24) is 0 Å². The molecular formula is C16H22O11. The van der Waals surface area contributed by atoms with Gasteiger partial charge in [-0.2, -0.15) is 0 Å². The largest absolute Gasteiger partial charge is 0.462 e. The summed E-state index contributed by atoms with van der Waals surface area (Å²) >= 11 is 0. The molecule has 0 aromatic carbocycles. The first-order valence-electron chi connectivity index (χ1n) is 10.6. The minimum Gasteiger partial charge on any atom is -0.462 e. The van der Waals surface area contributed by atoms with E-state index in [0.29, 0.717) is 0 Å². The summed E-state index contributed by atoms with van der Waals surface area (Å²) in [7, 11) is 0. The average Bonchev–Trinajstić information content (AvgIpc) is 2.81. The molecule has 0 aromatic rings. The fourth-order valence-corrected chi connectivity index (χ4v) is 1.84. The molecule has 0 aliphatic rings. The van der Waals surface area contributed by atoms with Crippen LogP contribution < -0.4 is 0 Å². The Morgan fingerprint density at radius 2 is 1.22 bits per heavy atom. The predicted molar refractivity (Wildman–Crippen MR) is 84.9 cm³/mol. The molecule has 11 nitrogen and oxygen atoms in total. The number of hydrogen-bond donors (Lipinski definition) is 0. The van der Waals surface area contributed by atoms with Crippen molar-refractivity contribution in [3.63, 3.8) is 0 Å². The molecule has 0 aliphatic carbocycles. The summed E-state index contributed by atoms with van der Waals surface area (Å²) in [5.41, 5.74) is 0. The quantitative estimate of drug-likeness (QED) is 0.267. The van der Waals surface area contributed by atoms with Gasteiger partial charge in [-0.1, -0.05) is 0 Å². The standard InChI is InChI=1S/C16H22O11/c1-8(18)23-7-14(25-10(3)20)16(27-12(5)22)15(26-11(4)21)13(6-17)24-9(2)19/h6,13-16H,7H2,1-5H3/t13-,14+,15+,16+/m0/s1/i1D,2D,3D,4D,5D. The van der Waals surface area contributed by atoms with Crippen LogP contribution in [0, 0.1) is 0 Å². The first-order valence-corrected chi connectivity index (χ1v) is 7.02. The second-order valence-corrected chi connectivity index (χ2v) is 4.71. The molecule has 27 heavy (non-hydrogen) atoms. The number of rotatable bonds is 10. The highest BCUT2D eigenvalue weighted by atomic mass is 16.6. The normalized spacial score (nSPS) is 17.0. The molecule has 0 spiro atoms. The van der Waals surface area contributed by atoms with E-state index >= 15 is 0 Å². The molecule has 0 amide bonds. The molecule has 0 N–H and O–H groups in total. The second kappa shape index (κ2) is 11.6. The van der Waals surface area contributed by atoms with Crippen LogP contribution in [0.15, 0.2) is 0 Å². The van der Waals surface area contributed by atoms with Crippen LogP contribution in [0.5, 0.6) is 0 Å². The molecule has 0 aromatic heterocycles.